The van der Waals surface area contributed by atoms with Crippen molar-refractivity contribution in [3.63, 3.8) is 0 Å². The highest BCUT2D eigenvalue weighted by atomic mass is 16.2. The SMILES string of the molecule is C[C@@H]1CCCC[C@@H]1N1C(=O)C(=O)N(CC(=O)c2cccc(N3CCCC3=O)c2)C1=O. The molecule has 0 bridgehead atoms. The summed E-state index contributed by atoms with van der Waals surface area (Å²) in [4.78, 5) is 66.1. The average molecular weight is 411 g/mol. The van der Waals surface area contributed by atoms with Gasteiger partial charge in [0.15, 0.2) is 5.78 Å². The van der Waals surface area contributed by atoms with E-state index in [0.29, 0.717) is 30.6 Å². The van der Waals surface area contributed by atoms with Gasteiger partial charge in [-0.1, -0.05) is 31.9 Å². The van der Waals surface area contributed by atoms with Gasteiger partial charge in [-0.05, 0) is 37.3 Å². The van der Waals surface area contributed by atoms with Crippen LogP contribution in [0, 0.1) is 5.92 Å². The second-order valence-corrected chi connectivity index (χ2v) is 8.30. The van der Waals surface area contributed by atoms with Crippen molar-refractivity contribution in [2.75, 3.05) is 18.0 Å². The maximum atomic E-state index is 12.9. The lowest BCUT2D eigenvalue weighted by Crippen LogP contribution is -2.46. The summed E-state index contributed by atoms with van der Waals surface area (Å²) in [6.07, 6.45) is 4.77. The van der Waals surface area contributed by atoms with Gasteiger partial charge in [0.05, 0.1) is 6.54 Å². The molecule has 1 aromatic carbocycles. The van der Waals surface area contributed by atoms with Crippen molar-refractivity contribution < 1.29 is 24.0 Å². The van der Waals surface area contributed by atoms with Crippen molar-refractivity contribution in [3.05, 3.63) is 29.8 Å². The van der Waals surface area contributed by atoms with E-state index < -0.39 is 30.2 Å². The van der Waals surface area contributed by atoms with Crippen LogP contribution < -0.4 is 4.90 Å². The van der Waals surface area contributed by atoms with Crippen LogP contribution in [0.15, 0.2) is 24.3 Å². The number of carbonyl (C=O) groups excluding carboxylic acids is 5. The Bertz CT molecular complexity index is 927. The first-order valence-corrected chi connectivity index (χ1v) is 10.5. The Labute approximate surface area is 174 Å². The molecule has 2 aliphatic heterocycles. The topological polar surface area (TPSA) is 95.1 Å². The zero-order chi connectivity index (χ0) is 21.4. The van der Waals surface area contributed by atoms with Crippen molar-refractivity contribution in [3.8, 4) is 0 Å². The van der Waals surface area contributed by atoms with E-state index in [1.807, 2.05) is 6.92 Å². The molecule has 2 heterocycles. The minimum Gasteiger partial charge on any atom is -0.312 e. The molecule has 8 nitrogen and oxygen atoms in total. The summed E-state index contributed by atoms with van der Waals surface area (Å²) in [5.74, 6) is -2.10. The monoisotopic (exact) mass is 411 g/mol. The number of ketones is 1. The van der Waals surface area contributed by atoms with E-state index in [1.165, 1.54) is 0 Å². The number of benzene rings is 1. The molecule has 30 heavy (non-hydrogen) atoms. The zero-order valence-corrected chi connectivity index (χ0v) is 17.0. The van der Waals surface area contributed by atoms with Gasteiger partial charge in [0, 0.05) is 30.3 Å². The van der Waals surface area contributed by atoms with Gasteiger partial charge in [-0.25, -0.2) is 9.69 Å². The van der Waals surface area contributed by atoms with Gasteiger partial charge in [-0.2, -0.15) is 0 Å². The number of nitrogens with zero attached hydrogens (tertiary/aromatic N) is 3. The number of amides is 5. The lowest BCUT2D eigenvalue weighted by molar-refractivity contribution is -0.144. The molecule has 8 heteroatoms. The molecule has 0 N–H and O–H groups in total. The number of rotatable bonds is 5. The molecular formula is C22H25N3O5. The van der Waals surface area contributed by atoms with Crippen LogP contribution in [0.2, 0.25) is 0 Å². The molecule has 5 amide bonds. The van der Waals surface area contributed by atoms with Crippen LogP contribution in [0.1, 0.15) is 55.8 Å². The number of anilines is 1. The van der Waals surface area contributed by atoms with Gasteiger partial charge in [-0.3, -0.25) is 24.1 Å². The Hall–Kier alpha value is -3.03. The van der Waals surface area contributed by atoms with E-state index in [9.17, 15) is 24.0 Å². The standard InChI is InChI=1S/C22H25N3O5/c1-14-6-2-3-9-17(14)25-21(29)20(28)24(22(25)30)13-18(26)15-7-4-8-16(12-15)23-11-5-10-19(23)27/h4,7-8,12,14,17H,2-3,5-6,9-11,13H2,1H3/t14-,17+/m1/s1. The summed E-state index contributed by atoms with van der Waals surface area (Å²) >= 11 is 0. The van der Waals surface area contributed by atoms with Crippen LogP contribution in [0.25, 0.3) is 0 Å². The van der Waals surface area contributed by atoms with Gasteiger partial charge in [-0.15, -0.1) is 0 Å². The molecule has 1 saturated carbocycles. The predicted molar refractivity (Wildman–Crippen MR) is 108 cm³/mol. The first kappa shape index (κ1) is 20.3. The van der Waals surface area contributed by atoms with Gasteiger partial charge in [0.2, 0.25) is 5.91 Å². The van der Waals surface area contributed by atoms with Crippen LogP contribution >= 0.6 is 0 Å². The molecule has 0 spiro atoms. The van der Waals surface area contributed by atoms with Crippen molar-refractivity contribution in [2.45, 2.75) is 51.5 Å². The fourth-order valence-electron chi connectivity index (χ4n) is 4.64. The van der Waals surface area contributed by atoms with Gasteiger partial charge in [0.1, 0.15) is 0 Å². The third-order valence-corrected chi connectivity index (χ3v) is 6.34. The summed E-state index contributed by atoms with van der Waals surface area (Å²) in [7, 11) is 0. The quantitative estimate of drug-likeness (QED) is 0.421. The van der Waals surface area contributed by atoms with Crippen LogP contribution in [0.3, 0.4) is 0 Å². The van der Waals surface area contributed by atoms with E-state index in [0.717, 1.165) is 35.5 Å². The van der Waals surface area contributed by atoms with Crippen LogP contribution in [-0.2, 0) is 14.4 Å². The number of hydrogen-bond acceptors (Lipinski definition) is 5. The Balaban J connectivity index is 1.50. The Morgan fingerprint density at radius 1 is 1.03 bits per heavy atom. The first-order chi connectivity index (χ1) is 14.4. The highest BCUT2D eigenvalue weighted by molar-refractivity contribution is 6.45. The first-order valence-electron chi connectivity index (χ1n) is 10.5. The van der Waals surface area contributed by atoms with E-state index in [-0.39, 0.29) is 17.9 Å². The maximum Gasteiger partial charge on any atom is 0.334 e. The maximum absolute atomic E-state index is 12.9. The molecule has 4 rings (SSSR count). The molecule has 2 saturated heterocycles. The molecule has 1 aromatic rings. The molecule has 0 unspecified atom stereocenters. The lowest BCUT2D eigenvalue weighted by atomic mass is 9.85. The Kier molecular flexibility index (Phi) is 5.40. The highest BCUT2D eigenvalue weighted by Crippen LogP contribution is 2.31. The zero-order valence-electron chi connectivity index (χ0n) is 17.0. The number of imide groups is 2. The van der Waals surface area contributed by atoms with Crippen molar-refractivity contribution in [1.82, 2.24) is 9.80 Å². The molecular weight excluding hydrogens is 386 g/mol. The normalized spacial score (nSPS) is 24.9. The molecule has 0 aromatic heterocycles. The second kappa shape index (κ2) is 8.01. The minimum atomic E-state index is -0.947. The molecule has 3 aliphatic rings. The average Bonchev–Trinajstić information content (AvgIpc) is 3.26. The number of Topliss-reactive ketones (excluding diaryl/α,β-unsaturated/α-hetero) is 1. The largest absolute Gasteiger partial charge is 0.334 e. The van der Waals surface area contributed by atoms with Gasteiger partial charge in [0.25, 0.3) is 0 Å². The molecule has 1 aliphatic carbocycles. The van der Waals surface area contributed by atoms with Crippen LogP contribution in [0.4, 0.5) is 10.5 Å². The lowest BCUT2D eigenvalue weighted by Gasteiger charge is -2.34. The predicted octanol–water partition coefficient (Wildman–Crippen LogP) is 2.37. The van der Waals surface area contributed by atoms with Crippen molar-refractivity contribution in [1.29, 1.82) is 0 Å². The van der Waals surface area contributed by atoms with Crippen molar-refractivity contribution >= 4 is 35.2 Å². The Morgan fingerprint density at radius 2 is 1.80 bits per heavy atom. The third-order valence-electron chi connectivity index (χ3n) is 6.34. The van der Waals surface area contributed by atoms with E-state index in [1.54, 1.807) is 29.2 Å². The van der Waals surface area contributed by atoms with E-state index in [4.69, 9.17) is 0 Å². The summed E-state index contributed by atoms with van der Waals surface area (Å²) in [5, 5.41) is 0. The summed E-state index contributed by atoms with van der Waals surface area (Å²) in [5.41, 5.74) is 0.917. The number of urea groups is 1. The minimum absolute atomic E-state index is 0.00679. The molecule has 3 fully saturated rings. The van der Waals surface area contributed by atoms with Crippen molar-refractivity contribution in [2.24, 2.45) is 5.92 Å². The van der Waals surface area contributed by atoms with E-state index >= 15 is 0 Å². The summed E-state index contributed by atoms with van der Waals surface area (Å²) < 4.78 is 0. The second-order valence-electron chi connectivity index (χ2n) is 8.30. The van der Waals surface area contributed by atoms with Crippen LogP contribution in [-0.4, -0.2) is 58.5 Å². The summed E-state index contributed by atoms with van der Waals surface area (Å²) in [6, 6.07) is 5.60. The molecule has 158 valence electrons. The number of hydrogen-bond donors (Lipinski definition) is 0. The number of carbonyl (C=O) groups is 5. The fraction of sp³-hybridized carbons (Fsp3) is 0.500. The summed E-state index contributed by atoms with van der Waals surface area (Å²) in [6.45, 7) is 2.09. The van der Waals surface area contributed by atoms with E-state index in [2.05, 4.69) is 0 Å². The highest BCUT2D eigenvalue weighted by Gasteiger charge is 2.49. The molecule has 2 atom stereocenters. The van der Waals surface area contributed by atoms with Crippen LogP contribution in [0.5, 0.6) is 0 Å². The smallest absolute Gasteiger partial charge is 0.312 e. The molecule has 0 radical (unpaired) electrons. The Morgan fingerprint density at radius 3 is 2.50 bits per heavy atom. The van der Waals surface area contributed by atoms with Gasteiger partial charge >= 0.3 is 17.8 Å². The fourth-order valence-corrected chi connectivity index (χ4v) is 4.64. The third kappa shape index (κ3) is 3.51. The van der Waals surface area contributed by atoms with Gasteiger partial charge < -0.3 is 4.90 Å².